The topological polar surface area (TPSA) is 32.3 Å². The van der Waals surface area contributed by atoms with Gasteiger partial charge < -0.3 is 10.4 Å². The second-order valence-electron chi connectivity index (χ2n) is 5.86. The molecule has 1 aliphatic heterocycles. The van der Waals surface area contributed by atoms with Crippen LogP contribution in [0.3, 0.4) is 0 Å². The van der Waals surface area contributed by atoms with Crippen molar-refractivity contribution in [3.05, 3.63) is 0 Å². The molecule has 2 heteroatoms. The van der Waals surface area contributed by atoms with Crippen LogP contribution in [0.1, 0.15) is 47.0 Å². The average molecular weight is 185 g/mol. The SMILES string of the molecule is CC(C)(C)CC1(C)CCC(CO)N1. The van der Waals surface area contributed by atoms with Crippen molar-refractivity contribution in [3.8, 4) is 0 Å². The molecular formula is C11H23NO. The Morgan fingerprint density at radius 1 is 1.46 bits per heavy atom. The van der Waals surface area contributed by atoms with Crippen LogP contribution < -0.4 is 5.32 Å². The van der Waals surface area contributed by atoms with Crippen LogP contribution in [0.15, 0.2) is 0 Å². The van der Waals surface area contributed by atoms with Crippen LogP contribution in [-0.2, 0) is 0 Å². The van der Waals surface area contributed by atoms with E-state index in [-0.39, 0.29) is 12.1 Å². The Morgan fingerprint density at radius 2 is 2.08 bits per heavy atom. The molecule has 0 aliphatic carbocycles. The van der Waals surface area contributed by atoms with E-state index in [0.717, 1.165) is 6.42 Å². The Morgan fingerprint density at radius 3 is 2.46 bits per heavy atom. The van der Waals surface area contributed by atoms with E-state index in [1.54, 1.807) is 0 Å². The zero-order chi connectivity index (χ0) is 10.1. The van der Waals surface area contributed by atoms with Crippen LogP contribution in [0.5, 0.6) is 0 Å². The van der Waals surface area contributed by atoms with Crippen molar-refractivity contribution in [2.45, 2.75) is 58.5 Å². The number of aliphatic hydroxyl groups is 1. The third kappa shape index (κ3) is 3.28. The highest BCUT2D eigenvalue weighted by Crippen LogP contribution is 2.34. The van der Waals surface area contributed by atoms with Crippen LogP contribution in [0, 0.1) is 5.41 Å². The van der Waals surface area contributed by atoms with Gasteiger partial charge in [0.1, 0.15) is 0 Å². The summed E-state index contributed by atoms with van der Waals surface area (Å²) in [4.78, 5) is 0. The van der Waals surface area contributed by atoms with Gasteiger partial charge in [0, 0.05) is 11.6 Å². The van der Waals surface area contributed by atoms with Gasteiger partial charge in [0.15, 0.2) is 0 Å². The molecule has 2 atom stereocenters. The van der Waals surface area contributed by atoms with Crippen LogP contribution in [0.2, 0.25) is 0 Å². The highest BCUT2D eigenvalue weighted by atomic mass is 16.3. The van der Waals surface area contributed by atoms with Crippen molar-refractivity contribution in [1.82, 2.24) is 5.32 Å². The van der Waals surface area contributed by atoms with Crippen LogP contribution in [-0.4, -0.2) is 23.3 Å². The van der Waals surface area contributed by atoms with E-state index >= 15 is 0 Å². The van der Waals surface area contributed by atoms with Crippen molar-refractivity contribution in [1.29, 1.82) is 0 Å². The minimum Gasteiger partial charge on any atom is -0.395 e. The number of rotatable bonds is 2. The maximum atomic E-state index is 9.03. The molecule has 78 valence electrons. The predicted molar refractivity (Wildman–Crippen MR) is 55.7 cm³/mol. The molecule has 1 fully saturated rings. The maximum absolute atomic E-state index is 9.03. The quantitative estimate of drug-likeness (QED) is 0.689. The van der Waals surface area contributed by atoms with Gasteiger partial charge in [0.25, 0.3) is 0 Å². The molecule has 2 nitrogen and oxygen atoms in total. The Labute approximate surface area is 81.7 Å². The number of nitrogens with one attached hydrogen (secondary N) is 1. The molecule has 0 aromatic carbocycles. The van der Waals surface area contributed by atoms with E-state index in [9.17, 15) is 0 Å². The largest absolute Gasteiger partial charge is 0.395 e. The minimum absolute atomic E-state index is 0.242. The van der Waals surface area contributed by atoms with Crippen molar-refractivity contribution < 1.29 is 5.11 Å². The fourth-order valence-corrected chi connectivity index (χ4v) is 2.58. The van der Waals surface area contributed by atoms with Crippen LogP contribution >= 0.6 is 0 Å². The fourth-order valence-electron chi connectivity index (χ4n) is 2.58. The van der Waals surface area contributed by atoms with Crippen LogP contribution in [0.4, 0.5) is 0 Å². The highest BCUT2D eigenvalue weighted by Gasteiger charge is 2.36. The average Bonchev–Trinajstić information content (AvgIpc) is 2.27. The summed E-state index contributed by atoms with van der Waals surface area (Å²) >= 11 is 0. The van der Waals surface area contributed by atoms with Crippen molar-refractivity contribution >= 4 is 0 Å². The van der Waals surface area contributed by atoms with Crippen LogP contribution in [0.25, 0.3) is 0 Å². The second-order valence-corrected chi connectivity index (χ2v) is 5.86. The Balaban J connectivity index is 2.50. The van der Waals surface area contributed by atoms with E-state index in [4.69, 9.17) is 5.11 Å². The monoisotopic (exact) mass is 185 g/mol. The summed E-state index contributed by atoms with van der Waals surface area (Å²) in [7, 11) is 0. The first-order chi connectivity index (χ1) is 5.85. The van der Waals surface area contributed by atoms with Crippen molar-refractivity contribution in [3.63, 3.8) is 0 Å². The first kappa shape index (κ1) is 11.0. The minimum atomic E-state index is 0.242. The van der Waals surface area contributed by atoms with E-state index < -0.39 is 0 Å². The number of hydrogen-bond acceptors (Lipinski definition) is 2. The first-order valence-electron chi connectivity index (χ1n) is 5.23. The summed E-state index contributed by atoms with van der Waals surface area (Å²) in [6.07, 6.45) is 3.48. The zero-order valence-electron chi connectivity index (χ0n) is 9.35. The van der Waals surface area contributed by atoms with Gasteiger partial charge in [-0.15, -0.1) is 0 Å². The van der Waals surface area contributed by atoms with E-state index in [0.29, 0.717) is 11.5 Å². The molecule has 0 spiro atoms. The molecular weight excluding hydrogens is 162 g/mol. The normalized spacial score (nSPS) is 35.3. The summed E-state index contributed by atoms with van der Waals surface area (Å²) < 4.78 is 0. The summed E-state index contributed by atoms with van der Waals surface area (Å²) in [5, 5.41) is 12.6. The molecule has 2 unspecified atom stereocenters. The van der Waals surface area contributed by atoms with Gasteiger partial charge in [-0.05, 0) is 31.6 Å². The van der Waals surface area contributed by atoms with E-state index in [1.165, 1.54) is 12.8 Å². The molecule has 0 aromatic heterocycles. The van der Waals surface area contributed by atoms with Gasteiger partial charge in [0.05, 0.1) is 6.61 Å². The molecule has 0 bridgehead atoms. The van der Waals surface area contributed by atoms with Crippen molar-refractivity contribution in [2.75, 3.05) is 6.61 Å². The highest BCUT2D eigenvalue weighted by molar-refractivity contribution is 4.96. The molecule has 2 N–H and O–H groups in total. The lowest BCUT2D eigenvalue weighted by molar-refractivity contribution is 0.212. The standard InChI is InChI=1S/C11H23NO/c1-10(2,3)8-11(4)6-5-9(7-13)12-11/h9,12-13H,5-8H2,1-4H3. The van der Waals surface area contributed by atoms with Gasteiger partial charge >= 0.3 is 0 Å². The van der Waals surface area contributed by atoms with Gasteiger partial charge in [0.2, 0.25) is 0 Å². The lowest BCUT2D eigenvalue weighted by Gasteiger charge is -2.33. The first-order valence-corrected chi connectivity index (χ1v) is 5.23. The zero-order valence-corrected chi connectivity index (χ0v) is 9.35. The molecule has 13 heavy (non-hydrogen) atoms. The molecule has 0 amide bonds. The molecule has 1 rings (SSSR count). The van der Waals surface area contributed by atoms with Gasteiger partial charge in [-0.1, -0.05) is 20.8 Å². The number of aliphatic hydroxyl groups excluding tert-OH is 1. The molecule has 1 saturated heterocycles. The van der Waals surface area contributed by atoms with E-state index in [1.807, 2.05) is 0 Å². The smallest absolute Gasteiger partial charge is 0.0584 e. The van der Waals surface area contributed by atoms with Gasteiger partial charge in [-0.25, -0.2) is 0 Å². The maximum Gasteiger partial charge on any atom is 0.0584 e. The molecule has 1 heterocycles. The molecule has 0 radical (unpaired) electrons. The number of hydrogen-bond donors (Lipinski definition) is 2. The summed E-state index contributed by atoms with van der Waals surface area (Å²) in [6, 6.07) is 0.326. The van der Waals surface area contributed by atoms with Gasteiger partial charge in [-0.2, -0.15) is 0 Å². The summed E-state index contributed by atoms with van der Waals surface area (Å²) in [6.45, 7) is 9.36. The molecule has 0 aromatic rings. The van der Waals surface area contributed by atoms with Gasteiger partial charge in [-0.3, -0.25) is 0 Å². The lowest BCUT2D eigenvalue weighted by atomic mass is 9.80. The second kappa shape index (κ2) is 3.58. The third-order valence-electron chi connectivity index (χ3n) is 2.74. The van der Waals surface area contributed by atoms with Crippen molar-refractivity contribution in [2.24, 2.45) is 5.41 Å². The van der Waals surface area contributed by atoms with E-state index in [2.05, 4.69) is 33.0 Å². The molecule has 0 saturated carbocycles. The third-order valence-corrected chi connectivity index (χ3v) is 2.74. The lowest BCUT2D eigenvalue weighted by Crippen LogP contribution is -2.44. The summed E-state index contributed by atoms with van der Waals surface area (Å²) in [5.74, 6) is 0. The Hall–Kier alpha value is -0.0800. The molecule has 1 aliphatic rings. The Kier molecular flexibility index (Phi) is 3.03. The summed E-state index contributed by atoms with van der Waals surface area (Å²) in [5.41, 5.74) is 0.609. The predicted octanol–water partition coefficient (Wildman–Crippen LogP) is 1.93. The fraction of sp³-hybridized carbons (Fsp3) is 1.00. The Bertz CT molecular complexity index is 173.